The van der Waals surface area contributed by atoms with Crippen molar-refractivity contribution < 1.29 is 9.53 Å². The fourth-order valence-corrected chi connectivity index (χ4v) is 1.79. The molecule has 0 saturated heterocycles. The average Bonchev–Trinajstić information content (AvgIpc) is 2.97. The van der Waals surface area contributed by atoms with Crippen molar-refractivity contribution in [1.82, 2.24) is 19.6 Å². The Hall–Kier alpha value is -2.31. The minimum atomic E-state index is -0.503. The summed E-state index contributed by atoms with van der Waals surface area (Å²) in [5.74, 6) is -0.503. The first kappa shape index (κ1) is 14.1. The molecular weight excluding hydrogens is 258 g/mol. The summed E-state index contributed by atoms with van der Waals surface area (Å²) in [4.78, 5) is 11.6. The number of hydrogen-bond donors (Lipinski definition) is 1. The lowest BCUT2D eigenvalue weighted by molar-refractivity contribution is 0.0519. The Morgan fingerprint density at radius 2 is 2.20 bits per heavy atom. The van der Waals surface area contributed by atoms with Crippen LogP contribution in [0.1, 0.15) is 43.0 Å². The van der Waals surface area contributed by atoms with Crippen LogP contribution in [-0.2, 0) is 11.3 Å². The maximum absolute atomic E-state index is 11.6. The van der Waals surface area contributed by atoms with E-state index in [2.05, 4.69) is 24.0 Å². The van der Waals surface area contributed by atoms with Crippen LogP contribution in [-0.4, -0.2) is 32.1 Å². The van der Waals surface area contributed by atoms with Crippen molar-refractivity contribution in [2.45, 2.75) is 33.4 Å². The second-order valence-electron chi connectivity index (χ2n) is 4.73. The third kappa shape index (κ3) is 2.98. The zero-order chi connectivity index (χ0) is 14.7. The standard InChI is InChI=1S/C13H19N5O2/c1-4-20-13(19)12-11(14)8-17(16-12)7-10-5-6-18(15-10)9(2)3/h5-6,8-9H,4,7,14H2,1-3H3. The van der Waals surface area contributed by atoms with Gasteiger partial charge in [0.25, 0.3) is 0 Å². The number of nitrogens with zero attached hydrogens (tertiary/aromatic N) is 4. The summed E-state index contributed by atoms with van der Waals surface area (Å²) in [7, 11) is 0. The normalized spacial score (nSPS) is 11.0. The maximum atomic E-state index is 11.6. The molecule has 0 aliphatic carbocycles. The molecule has 20 heavy (non-hydrogen) atoms. The zero-order valence-corrected chi connectivity index (χ0v) is 11.9. The van der Waals surface area contributed by atoms with Gasteiger partial charge in [-0.05, 0) is 26.8 Å². The minimum absolute atomic E-state index is 0.148. The van der Waals surface area contributed by atoms with Crippen LogP contribution in [0.4, 0.5) is 5.69 Å². The van der Waals surface area contributed by atoms with E-state index in [1.54, 1.807) is 17.8 Å². The first-order valence-electron chi connectivity index (χ1n) is 6.55. The fourth-order valence-electron chi connectivity index (χ4n) is 1.79. The van der Waals surface area contributed by atoms with Crippen LogP contribution in [0.25, 0.3) is 0 Å². The smallest absolute Gasteiger partial charge is 0.361 e. The van der Waals surface area contributed by atoms with Crippen molar-refractivity contribution in [3.63, 3.8) is 0 Å². The SMILES string of the molecule is CCOC(=O)c1nn(Cc2ccn(C(C)C)n2)cc1N. The van der Waals surface area contributed by atoms with E-state index < -0.39 is 5.97 Å². The van der Waals surface area contributed by atoms with Crippen molar-refractivity contribution >= 4 is 11.7 Å². The summed E-state index contributed by atoms with van der Waals surface area (Å²) in [6.45, 7) is 6.61. The van der Waals surface area contributed by atoms with E-state index in [1.165, 1.54) is 0 Å². The van der Waals surface area contributed by atoms with Crippen molar-refractivity contribution in [3.05, 3.63) is 29.8 Å². The molecule has 0 saturated carbocycles. The van der Waals surface area contributed by atoms with E-state index in [-0.39, 0.29) is 5.69 Å². The van der Waals surface area contributed by atoms with Crippen LogP contribution in [0.15, 0.2) is 18.5 Å². The van der Waals surface area contributed by atoms with Crippen LogP contribution in [0.2, 0.25) is 0 Å². The lowest BCUT2D eigenvalue weighted by Crippen LogP contribution is -2.09. The number of hydrogen-bond acceptors (Lipinski definition) is 5. The molecule has 2 heterocycles. The molecule has 0 aromatic carbocycles. The molecule has 108 valence electrons. The summed E-state index contributed by atoms with van der Waals surface area (Å²) in [5.41, 5.74) is 7.09. The molecule has 0 bridgehead atoms. The molecule has 2 aromatic rings. The summed E-state index contributed by atoms with van der Waals surface area (Å²) in [6.07, 6.45) is 3.53. The number of anilines is 1. The van der Waals surface area contributed by atoms with Crippen LogP contribution in [0.5, 0.6) is 0 Å². The highest BCUT2D eigenvalue weighted by Gasteiger charge is 2.16. The Balaban J connectivity index is 2.13. The van der Waals surface area contributed by atoms with Crippen LogP contribution in [0, 0.1) is 0 Å². The van der Waals surface area contributed by atoms with Gasteiger partial charge in [-0.1, -0.05) is 0 Å². The predicted octanol–water partition coefficient (Wildman–Crippen LogP) is 1.47. The summed E-state index contributed by atoms with van der Waals surface area (Å²) in [5, 5.41) is 8.57. The maximum Gasteiger partial charge on any atom is 0.361 e. The van der Waals surface area contributed by atoms with Crippen molar-refractivity contribution in [1.29, 1.82) is 0 Å². The van der Waals surface area contributed by atoms with Crippen LogP contribution < -0.4 is 5.73 Å². The van der Waals surface area contributed by atoms with Gasteiger partial charge in [-0.15, -0.1) is 0 Å². The first-order chi connectivity index (χ1) is 9.51. The van der Waals surface area contributed by atoms with Gasteiger partial charge in [0, 0.05) is 18.4 Å². The Morgan fingerprint density at radius 1 is 1.45 bits per heavy atom. The third-order valence-corrected chi connectivity index (χ3v) is 2.78. The summed E-state index contributed by atoms with van der Waals surface area (Å²) < 4.78 is 8.35. The topological polar surface area (TPSA) is 88.0 Å². The Kier molecular flexibility index (Phi) is 4.07. The van der Waals surface area contributed by atoms with Crippen molar-refractivity contribution in [3.8, 4) is 0 Å². The van der Waals surface area contributed by atoms with E-state index in [1.807, 2.05) is 16.9 Å². The van der Waals surface area contributed by atoms with Crippen LogP contribution in [0.3, 0.4) is 0 Å². The molecule has 2 rings (SSSR count). The largest absolute Gasteiger partial charge is 0.461 e. The zero-order valence-electron chi connectivity index (χ0n) is 11.9. The number of carbonyl (C=O) groups is 1. The predicted molar refractivity (Wildman–Crippen MR) is 74.3 cm³/mol. The number of ether oxygens (including phenoxy) is 1. The van der Waals surface area contributed by atoms with Gasteiger partial charge in [0.05, 0.1) is 24.5 Å². The summed E-state index contributed by atoms with van der Waals surface area (Å²) in [6, 6.07) is 2.23. The Morgan fingerprint density at radius 3 is 2.80 bits per heavy atom. The molecule has 0 atom stereocenters. The van der Waals surface area contributed by atoms with E-state index >= 15 is 0 Å². The highest BCUT2D eigenvalue weighted by atomic mass is 16.5. The Bertz CT molecular complexity index is 600. The number of rotatable bonds is 5. The molecule has 0 spiro atoms. The number of aromatic nitrogens is 4. The van der Waals surface area contributed by atoms with Gasteiger partial charge in [0.1, 0.15) is 0 Å². The van der Waals surface area contributed by atoms with Crippen LogP contribution >= 0.6 is 0 Å². The molecule has 0 radical (unpaired) electrons. The van der Waals surface area contributed by atoms with Crippen molar-refractivity contribution in [2.75, 3.05) is 12.3 Å². The fraction of sp³-hybridized carbons (Fsp3) is 0.462. The average molecular weight is 277 g/mol. The van der Waals surface area contributed by atoms with E-state index in [0.29, 0.717) is 24.9 Å². The van der Waals surface area contributed by atoms with Gasteiger partial charge < -0.3 is 10.5 Å². The monoisotopic (exact) mass is 277 g/mol. The molecular formula is C13H19N5O2. The van der Waals surface area contributed by atoms with E-state index in [9.17, 15) is 4.79 Å². The van der Waals surface area contributed by atoms with Gasteiger partial charge in [-0.25, -0.2) is 4.79 Å². The number of esters is 1. The highest BCUT2D eigenvalue weighted by Crippen LogP contribution is 2.12. The molecule has 0 amide bonds. The molecule has 0 fully saturated rings. The molecule has 7 heteroatoms. The van der Waals surface area contributed by atoms with Gasteiger partial charge in [0.2, 0.25) is 0 Å². The highest BCUT2D eigenvalue weighted by molar-refractivity contribution is 5.92. The lowest BCUT2D eigenvalue weighted by Gasteiger charge is -2.03. The second kappa shape index (κ2) is 5.77. The minimum Gasteiger partial charge on any atom is -0.461 e. The molecule has 0 aliphatic heterocycles. The summed E-state index contributed by atoms with van der Waals surface area (Å²) >= 11 is 0. The quantitative estimate of drug-likeness (QED) is 0.836. The van der Waals surface area contributed by atoms with Crippen molar-refractivity contribution in [2.24, 2.45) is 0 Å². The molecule has 2 aromatic heterocycles. The van der Waals surface area contributed by atoms with Gasteiger partial charge in [0.15, 0.2) is 5.69 Å². The third-order valence-electron chi connectivity index (χ3n) is 2.78. The molecule has 7 nitrogen and oxygen atoms in total. The molecule has 0 unspecified atom stereocenters. The number of carbonyl (C=O) groups excluding carboxylic acids is 1. The lowest BCUT2D eigenvalue weighted by atomic mass is 10.4. The molecule has 2 N–H and O–H groups in total. The molecule has 0 aliphatic rings. The number of nitrogen functional groups attached to an aromatic ring is 1. The Labute approximate surface area is 117 Å². The van der Waals surface area contributed by atoms with E-state index in [0.717, 1.165) is 5.69 Å². The van der Waals surface area contributed by atoms with Gasteiger partial charge >= 0.3 is 5.97 Å². The van der Waals surface area contributed by atoms with Gasteiger partial charge in [-0.3, -0.25) is 9.36 Å². The second-order valence-corrected chi connectivity index (χ2v) is 4.73. The van der Waals surface area contributed by atoms with E-state index in [4.69, 9.17) is 10.5 Å². The number of nitrogens with two attached hydrogens (primary N) is 1. The van der Waals surface area contributed by atoms with Gasteiger partial charge in [-0.2, -0.15) is 10.2 Å². The first-order valence-corrected chi connectivity index (χ1v) is 6.55.